The van der Waals surface area contributed by atoms with E-state index < -0.39 is 6.10 Å². The molecule has 1 fully saturated rings. The number of hydrogen-bond donors (Lipinski definition) is 1. The summed E-state index contributed by atoms with van der Waals surface area (Å²) in [5.74, 6) is 0.278. The van der Waals surface area contributed by atoms with Crippen molar-refractivity contribution in [2.45, 2.75) is 25.4 Å². The molecule has 0 amide bonds. The van der Waals surface area contributed by atoms with Crippen LogP contribution >= 0.6 is 15.9 Å². The molecule has 0 heterocycles. The van der Waals surface area contributed by atoms with E-state index in [0.29, 0.717) is 22.4 Å². The van der Waals surface area contributed by atoms with Crippen LogP contribution < -0.4 is 0 Å². The second-order valence-corrected chi connectivity index (χ2v) is 4.78. The Kier molecular flexibility index (Phi) is 2.88. The Morgan fingerprint density at radius 2 is 2.21 bits per heavy atom. The number of hydrogen-bond acceptors (Lipinski definition) is 1. The lowest BCUT2D eigenvalue weighted by molar-refractivity contribution is 0.156. The van der Waals surface area contributed by atoms with Gasteiger partial charge in [-0.05, 0) is 24.5 Å². The first kappa shape index (κ1) is 10.1. The van der Waals surface area contributed by atoms with Gasteiger partial charge in [-0.1, -0.05) is 34.8 Å². The van der Waals surface area contributed by atoms with Gasteiger partial charge in [-0.25, -0.2) is 4.39 Å². The highest BCUT2D eigenvalue weighted by atomic mass is 79.9. The molecule has 1 saturated carbocycles. The van der Waals surface area contributed by atoms with Crippen LogP contribution in [0, 0.1) is 11.7 Å². The van der Waals surface area contributed by atoms with Gasteiger partial charge in [0, 0.05) is 10.0 Å². The van der Waals surface area contributed by atoms with E-state index in [1.54, 1.807) is 12.1 Å². The summed E-state index contributed by atoms with van der Waals surface area (Å²) in [6, 6.07) is 4.80. The van der Waals surface area contributed by atoms with Crippen LogP contribution in [0.2, 0.25) is 0 Å². The minimum atomic E-state index is -0.643. The fourth-order valence-electron chi connectivity index (χ4n) is 1.57. The van der Waals surface area contributed by atoms with E-state index in [1.807, 2.05) is 0 Å². The fourth-order valence-corrected chi connectivity index (χ4v) is 1.90. The molecule has 1 aliphatic rings. The third-order valence-corrected chi connectivity index (χ3v) is 3.07. The van der Waals surface area contributed by atoms with Crippen LogP contribution in [0.25, 0.3) is 0 Å². The van der Waals surface area contributed by atoms with Crippen molar-refractivity contribution in [1.29, 1.82) is 0 Å². The maximum Gasteiger partial charge on any atom is 0.130 e. The largest absolute Gasteiger partial charge is 0.388 e. The Balaban J connectivity index is 2.13. The quantitative estimate of drug-likeness (QED) is 0.881. The number of benzene rings is 1. The number of aliphatic hydroxyl groups excluding tert-OH is 1. The minimum absolute atomic E-state index is 0.326. The number of halogens is 2. The summed E-state index contributed by atoms with van der Waals surface area (Å²) in [5.41, 5.74) is 0.417. The third kappa shape index (κ3) is 2.34. The summed E-state index contributed by atoms with van der Waals surface area (Å²) < 4.78 is 14.1. The van der Waals surface area contributed by atoms with Crippen molar-refractivity contribution < 1.29 is 9.50 Å². The van der Waals surface area contributed by atoms with E-state index >= 15 is 0 Å². The zero-order chi connectivity index (χ0) is 10.1. The van der Waals surface area contributed by atoms with Crippen molar-refractivity contribution in [2.75, 3.05) is 0 Å². The predicted molar refractivity (Wildman–Crippen MR) is 56.4 cm³/mol. The second kappa shape index (κ2) is 3.99. The van der Waals surface area contributed by atoms with Crippen molar-refractivity contribution >= 4 is 15.9 Å². The molecule has 14 heavy (non-hydrogen) atoms. The van der Waals surface area contributed by atoms with Crippen molar-refractivity contribution in [2.24, 2.45) is 5.92 Å². The smallest absolute Gasteiger partial charge is 0.130 e. The van der Waals surface area contributed by atoms with E-state index in [-0.39, 0.29) is 5.82 Å². The average Bonchev–Trinajstić information content (AvgIpc) is 2.87. The maximum absolute atomic E-state index is 13.4. The van der Waals surface area contributed by atoms with E-state index in [4.69, 9.17) is 0 Å². The summed E-state index contributed by atoms with van der Waals surface area (Å²) in [6.07, 6.45) is 2.40. The van der Waals surface area contributed by atoms with Crippen LogP contribution in [0.5, 0.6) is 0 Å². The van der Waals surface area contributed by atoms with Crippen molar-refractivity contribution in [3.8, 4) is 0 Å². The van der Waals surface area contributed by atoms with Crippen LogP contribution in [0.3, 0.4) is 0 Å². The SMILES string of the molecule is OC(CC1CC1)c1ccc(Br)cc1F. The van der Waals surface area contributed by atoms with Gasteiger partial charge in [-0.3, -0.25) is 0 Å². The predicted octanol–water partition coefficient (Wildman–Crippen LogP) is 3.42. The highest BCUT2D eigenvalue weighted by Crippen LogP contribution is 2.38. The molecule has 1 N–H and O–H groups in total. The highest BCUT2D eigenvalue weighted by molar-refractivity contribution is 9.10. The molecule has 2 rings (SSSR count). The molecule has 0 radical (unpaired) electrons. The lowest BCUT2D eigenvalue weighted by Crippen LogP contribution is -2.01. The number of rotatable bonds is 3. The molecule has 1 aliphatic carbocycles. The van der Waals surface area contributed by atoms with E-state index in [2.05, 4.69) is 15.9 Å². The standard InChI is InChI=1S/C11H12BrFO/c12-8-3-4-9(10(13)6-8)11(14)5-7-1-2-7/h3-4,6-7,11,14H,1-2,5H2. The zero-order valence-corrected chi connectivity index (χ0v) is 9.30. The van der Waals surface area contributed by atoms with E-state index in [1.165, 1.54) is 18.9 Å². The lowest BCUT2D eigenvalue weighted by Gasteiger charge is -2.11. The van der Waals surface area contributed by atoms with Crippen LogP contribution in [-0.2, 0) is 0 Å². The fraction of sp³-hybridized carbons (Fsp3) is 0.455. The molecular formula is C11H12BrFO. The van der Waals surface area contributed by atoms with Crippen molar-refractivity contribution in [1.82, 2.24) is 0 Å². The lowest BCUT2D eigenvalue weighted by atomic mass is 10.0. The summed E-state index contributed by atoms with van der Waals surface area (Å²) in [7, 11) is 0. The molecule has 0 aromatic heterocycles. The molecular weight excluding hydrogens is 247 g/mol. The average molecular weight is 259 g/mol. The van der Waals surface area contributed by atoms with E-state index in [9.17, 15) is 9.50 Å². The van der Waals surface area contributed by atoms with Crippen LogP contribution in [0.4, 0.5) is 4.39 Å². The van der Waals surface area contributed by atoms with Gasteiger partial charge in [-0.15, -0.1) is 0 Å². The summed E-state index contributed by atoms with van der Waals surface area (Å²) in [4.78, 5) is 0. The van der Waals surface area contributed by atoms with Crippen molar-refractivity contribution in [3.63, 3.8) is 0 Å². The molecule has 76 valence electrons. The maximum atomic E-state index is 13.4. The van der Waals surface area contributed by atoms with Gasteiger partial charge in [0.15, 0.2) is 0 Å². The van der Waals surface area contributed by atoms with E-state index in [0.717, 1.165) is 0 Å². The normalized spacial score (nSPS) is 18.2. The summed E-state index contributed by atoms with van der Waals surface area (Å²) in [6.45, 7) is 0. The van der Waals surface area contributed by atoms with Crippen molar-refractivity contribution in [3.05, 3.63) is 34.1 Å². The van der Waals surface area contributed by atoms with Gasteiger partial charge in [0.1, 0.15) is 5.82 Å². The Morgan fingerprint density at radius 3 is 2.79 bits per heavy atom. The molecule has 0 saturated heterocycles. The molecule has 0 spiro atoms. The van der Waals surface area contributed by atoms with Gasteiger partial charge in [0.25, 0.3) is 0 Å². The topological polar surface area (TPSA) is 20.2 Å². The Hall–Kier alpha value is -0.410. The monoisotopic (exact) mass is 258 g/mol. The Labute approximate surface area is 91.1 Å². The first-order chi connectivity index (χ1) is 6.66. The van der Waals surface area contributed by atoms with Crippen LogP contribution in [0.1, 0.15) is 30.9 Å². The second-order valence-electron chi connectivity index (χ2n) is 3.86. The zero-order valence-electron chi connectivity index (χ0n) is 7.71. The summed E-state index contributed by atoms with van der Waals surface area (Å²) >= 11 is 3.19. The van der Waals surface area contributed by atoms with Crippen LogP contribution in [0.15, 0.2) is 22.7 Å². The molecule has 1 nitrogen and oxygen atoms in total. The highest BCUT2D eigenvalue weighted by Gasteiger charge is 2.26. The van der Waals surface area contributed by atoms with Gasteiger partial charge in [0.05, 0.1) is 6.10 Å². The van der Waals surface area contributed by atoms with Gasteiger partial charge in [0.2, 0.25) is 0 Å². The molecule has 1 aromatic carbocycles. The van der Waals surface area contributed by atoms with Crippen LogP contribution in [-0.4, -0.2) is 5.11 Å². The Bertz CT molecular complexity index is 336. The number of aliphatic hydroxyl groups is 1. The first-order valence-electron chi connectivity index (χ1n) is 4.80. The first-order valence-corrected chi connectivity index (χ1v) is 5.59. The third-order valence-electron chi connectivity index (χ3n) is 2.58. The minimum Gasteiger partial charge on any atom is -0.388 e. The van der Waals surface area contributed by atoms with Gasteiger partial charge in [-0.2, -0.15) is 0 Å². The Morgan fingerprint density at radius 1 is 1.50 bits per heavy atom. The molecule has 0 bridgehead atoms. The molecule has 0 aliphatic heterocycles. The molecule has 3 heteroatoms. The van der Waals surface area contributed by atoms with Gasteiger partial charge >= 0.3 is 0 Å². The summed E-state index contributed by atoms with van der Waals surface area (Å²) in [5, 5.41) is 9.75. The van der Waals surface area contributed by atoms with Gasteiger partial charge < -0.3 is 5.11 Å². The molecule has 1 atom stereocenters. The molecule has 1 unspecified atom stereocenters. The molecule has 1 aromatic rings.